The molecule has 1 saturated heterocycles. The molecule has 1 fully saturated rings. The van der Waals surface area contributed by atoms with Gasteiger partial charge in [0.2, 0.25) is 11.8 Å². The van der Waals surface area contributed by atoms with Crippen LogP contribution in [0.2, 0.25) is 5.02 Å². The summed E-state index contributed by atoms with van der Waals surface area (Å²) in [5.41, 5.74) is 6.85. The number of carbonyl (C=O) groups is 3. The summed E-state index contributed by atoms with van der Waals surface area (Å²) in [5, 5.41) is 5.93. The lowest BCUT2D eigenvalue weighted by molar-refractivity contribution is -0.118. The van der Waals surface area contributed by atoms with E-state index in [1.54, 1.807) is 45.2 Å². The number of methoxy groups -OCH3 is 2. The fourth-order valence-electron chi connectivity index (χ4n) is 3.95. The Morgan fingerprint density at radius 1 is 1.22 bits per heavy atom. The molecule has 1 aromatic heterocycles. The van der Waals surface area contributed by atoms with E-state index in [1.807, 2.05) is 4.90 Å². The van der Waals surface area contributed by atoms with Gasteiger partial charge < -0.3 is 30.6 Å². The van der Waals surface area contributed by atoms with Crippen LogP contribution in [-0.2, 0) is 14.3 Å². The van der Waals surface area contributed by atoms with Crippen LogP contribution >= 0.6 is 11.6 Å². The molecule has 200 valence electrons. The smallest absolute Gasteiger partial charge is 0.338 e. The standard InChI is InChI=1S/C25H32ClN5O6/c1-14(2)37-25(34)15-5-7-16(8-6-15)28-21(32)13-31-10-9-19(20(12-31)35-3)29-23(33)17-11-18(26)22(27)30-24(17)36-4/h5-8,11,14,19-20H,9-10,12-13H2,1-4H3,(H2,27,30)(H,28,32)(H,29,33)/t19-,20+/m0/s1. The van der Waals surface area contributed by atoms with E-state index in [-0.39, 0.29) is 53.0 Å². The third-order valence-electron chi connectivity index (χ3n) is 5.78. The van der Waals surface area contributed by atoms with Gasteiger partial charge in [-0.3, -0.25) is 14.5 Å². The average Bonchev–Trinajstić information content (AvgIpc) is 2.86. The summed E-state index contributed by atoms with van der Waals surface area (Å²) < 4.78 is 15.9. The summed E-state index contributed by atoms with van der Waals surface area (Å²) in [6.07, 6.45) is -0.000840. The molecular weight excluding hydrogens is 502 g/mol. The third kappa shape index (κ3) is 7.54. The molecule has 11 nitrogen and oxygen atoms in total. The van der Waals surface area contributed by atoms with Crippen molar-refractivity contribution in [2.24, 2.45) is 0 Å². The first-order valence-electron chi connectivity index (χ1n) is 11.8. The number of nitrogens with one attached hydrogen (secondary N) is 2. The molecule has 4 N–H and O–H groups in total. The van der Waals surface area contributed by atoms with Crippen molar-refractivity contribution in [2.45, 2.75) is 38.5 Å². The number of nitrogen functional groups attached to an aromatic ring is 1. The molecule has 1 aromatic carbocycles. The van der Waals surface area contributed by atoms with Crippen LogP contribution in [0.25, 0.3) is 0 Å². The number of nitrogens with two attached hydrogens (primary N) is 1. The SMILES string of the molecule is COc1nc(N)c(Cl)cc1C(=O)N[C@H]1CCN(CC(=O)Nc2ccc(C(=O)OC(C)C)cc2)C[C@H]1OC. The van der Waals surface area contributed by atoms with E-state index in [1.165, 1.54) is 13.2 Å². The van der Waals surface area contributed by atoms with Gasteiger partial charge in [0.25, 0.3) is 5.91 Å². The summed E-state index contributed by atoms with van der Waals surface area (Å²) in [7, 11) is 2.95. The van der Waals surface area contributed by atoms with Crippen LogP contribution in [-0.4, -0.2) is 79.8 Å². The number of likely N-dealkylation sites (tertiary alicyclic amines) is 1. The van der Waals surface area contributed by atoms with Crippen molar-refractivity contribution in [3.63, 3.8) is 0 Å². The van der Waals surface area contributed by atoms with Gasteiger partial charge in [0.1, 0.15) is 11.4 Å². The summed E-state index contributed by atoms with van der Waals surface area (Å²) in [6.45, 7) is 4.70. The predicted octanol–water partition coefficient (Wildman–Crippen LogP) is 2.35. The molecule has 0 aliphatic carbocycles. The molecule has 1 aliphatic rings. The van der Waals surface area contributed by atoms with Gasteiger partial charge in [0.05, 0.1) is 42.5 Å². The Hall–Kier alpha value is -3.41. The van der Waals surface area contributed by atoms with Crippen molar-refractivity contribution in [1.82, 2.24) is 15.2 Å². The van der Waals surface area contributed by atoms with E-state index in [4.69, 9.17) is 31.5 Å². The van der Waals surface area contributed by atoms with E-state index in [2.05, 4.69) is 15.6 Å². The second-order valence-electron chi connectivity index (χ2n) is 8.87. The van der Waals surface area contributed by atoms with Crippen molar-refractivity contribution in [2.75, 3.05) is 44.9 Å². The Morgan fingerprint density at radius 2 is 1.92 bits per heavy atom. The normalized spacial score (nSPS) is 17.8. The van der Waals surface area contributed by atoms with Gasteiger partial charge in [0, 0.05) is 25.9 Å². The number of anilines is 2. The van der Waals surface area contributed by atoms with Crippen LogP contribution in [0.1, 0.15) is 41.0 Å². The maximum absolute atomic E-state index is 12.9. The second kappa shape index (κ2) is 12.7. The molecule has 0 saturated carbocycles. The Kier molecular flexibility index (Phi) is 9.67. The quantitative estimate of drug-likeness (QED) is 0.413. The van der Waals surface area contributed by atoms with Crippen molar-refractivity contribution in [1.29, 1.82) is 0 Å². The van der Waals surface area contributed by atoms with E-state index in [0.29, 0.717) is 30.8 Å². The number of piperidine rings is 1. The molecule has 3 rings (SSSR count). The Labute approximate surface area is 220 Å². The maximum atomic E-state index is 12.9. The minimum absolute atomic E-state index is 0.0704. The van der Waals surface area contributed by atoms with Gasteiger partial charge in [-0.2, -0.15) is 4.98 Å². The summed E-state index contributed by atoms with van der Waals surface area (Å²) in [6, 6.07) is 7.64. The van der Waals surface area contributed by atoms with Crippen molar-refractivity contribution < 1.29 is 28.6 Å². The van der Waals surface area contributed by atoms with Crippen LogP contribution in [0.5, 0.6) is 5.88 Å². The topological polar surface area (TPSA) is 145 Å². The second-order valence-corrected chi connectivity index (χ2v) is 9.28. The predicted molar refractivity (Wildman–Crippen MR) is 139 cm³/mol. The van der Waals surface area contributed by atoms with Crippen molar-refractivity contribution in [3.05, 3.63) is 46.5 Å². The molecule has 1 aliphatic heterocycles. The van der Waals surface area contributed by atoms with Crippen LogP contribution in [0.4, 0.5) is 11.5 Å². The van der Waals surface area contributed by atoms with Crippen LogP contribution in [0, 0.1) is 0 Å². The largest absolute Gasteiger partial charge is 0.480 e. The van der Waals surface area contributed by atoms with Gasteiger partial charge in [-0.15, -0.1) is 0 Å². The third-order valence-corrected chi connectivity index (χ3v) is 6.09. The summed E-state index contributed by atoms with van der Waals surface area (Å²) in [5.74, 6) is -0.886. The number of rotatable bonds is 9. The number of nitrogens with zero attached hydrogens (tertiary/aromatic N) is 2. The number of carbonyl (C=O) groups excluding carboxylic acids is 3. The number of hydrogen-bond acceptors (Lipinski definition) is 9. The molecule has 2 heterocycles. The zero-order valence-corrected chi connectivity index (χ0v) is 22.0. The zero-order chi connectivity index (χ0) is 27.1. The fourth-order valence-corrected chi connectivity index (χ4v) is 4.10. The van der Waals surface area contributed by atoms with Gasteiger partial charge in [0.15, 0.2) is 0 Å². The molecule has 37 heavy (non-hydrogen) atoms. The molecule has 12 heteroatoms. The lowest BCUT2D eigenvalue weighted by atomic mass is 10.0. The van der Waals surface area contributed by atoms with Crippen molar-refractivity contribution >= 4 is 40.9 Å². The van der Waals surface area contributed by atoms with Crippen molar-refractivity contribution in [3.8, 4) is 5.88 Å². The van der Waals surface area contributed by atoms with Gasteiger partial charge in [-0.1, -0.05) is 11.6 Å². The van der Waals surface area contributed by atoms with E-state index < -0.39 is 11.9 Å². The number of amides is 2. The molecule has 0 radical (unpaired) electrons. The van der Waals surface area contributed by atoms with E-state index >= 15 is 0 Å². The van der Waals surface area contributed by atoms with Gasteiger partial charge >= 0.3 is 5.97 Å². The monoisotopic (exact) mass is 533 g/mol. The van der Waals surface area contributed by atoms with Crippen LogP contribution in [0.15, 0.2) is 30.3 Å². The summed E-state index contributed by atoms with van der Waals surface area (Å²) >= 11 is 6.04. The number of pyridine rings is 1. The molecule has 0 unspecified atom stereocenters. The Balaban J connectivity index is 1.54. The average molecular weight is 534 g/mol. The molecule has 2 amide bonds. The minimum atomic E-state index is -0.414. The Bertz CT molecular complexity index is 1130. The van der Waals surface area contributed by atoms with Crippen LogP contribution < -0.4 is 21.1 Å². The number of halogens is 1. The molecule has 2 aromatic rings. The molecule has 0 spiro atoms. The fraction of sp³-hybridized carbons (Fsp3) is 0.440. The highest BCUT2D eigenvalue weighted by Crippen LogP contribution is 2.25. The van der Waals surface area contributed by atoms with E-state index in [0.717, 1.165) is 0 Å². The lowest BCUT2D eigenvalue weighted by Gasteiger charge is -2.37. The lowest BCUT2D eigenvalue weighted by Crippen LogP contribution is -2.55. The van der Waals surface area contributed by atoms with Gasteiger partial charge in [-0.25, -0.2) is 4.79 Å². The first-order chi connectivity index (χ1) is 17.6. The number of benzene rings is 1. The minimum Gasteiger partial charge on any atom is -0.480 e. The molecule has 0 bridgehead atoms. The zero-order valence-electron chi connectivity index (χ0n) is 21.2. The van der Waals surface area contributed by atoms with Crippen LogP contribution in [0.3, 0.4) is 0 Å². The molecular formula is C25H32ClN5O6. The highest BCUT2D eigenvalue weighted by molar-refractivity contribution is 6.33. The number of esters is 1. The molecule has 2 atom stereocenters. The Morgan fingerprint density at radius 3 is 2.54 bits per heavy atom. The maximum Gasteiger partial charge on any atom is 0.338 e. The summed E-state index contributed by atoms with van der Waals surface area (Å²) in [4.78, 5) is 43.4. The first kappa shape index (κ1) is 28.2. The van der Waals surface area contributed by atoms with E-state index in [9.17, 15) is 14.4 Å². The highest BCUT2D eigenvalue weighted by Gasteiger charge is 2.32. The number of hydrogen-bond donors (Lipinski definition) is 3. The first-order valence-corrected chi connectivity index (χ1v) is 12.2. The highest BCUT2D eigenvalue weighted by atomic mass is 35.5. The number of ether oxygens (including phenoxy) is 3. The van der Waals surface area contributed by atoms with Gasteiger partial charge in [-0.05, 0) is 50.6 Å². The number of aromatic nitrogens is 1.